The fourth-order valence-corrected chi connectivity index (χ4v) is 2.12. The Bertz CT molecular complexity index is 373. The lowest BCUT2D eigenvalue weighted by atomic mass is 9.89. The van der Waals surface area contributed by atoms with E-state index >= 15 is 0 Å². The second-order valence-corrected chi connectivity index (χ2v) is 4.04. The first-order chi connectivity index (χ1) is 7.13. The van der Waals surface area contributed by atoms with Gasteiger partial charge in [-0.05, 0) is 30.9 Å². The number of aliphatic hydroxyl groups is 1. The van der Waals surface area contributed by atoms with Crippen molar-refractivity contribution in [1.82, 2.24) is 0 Å². The summed E-state index contributed by atoms with van der Waals surface area (Å²) in [5, 5.41) is 19.1. The van der Waals surface area contributed by atoms with E-state index in [1.165, 1.54) is 0 Å². The van der Waals surface area contributed by atoms with E-state index in [1.807, 2.05) is 6.07 Å². The van der Waals surface area contributed by atoms with Crippen LogP contribution in [-0.4, -0.2) is 16.5 Å². The Morgan fingerprint density at radius 2 is 2.20 bits per heavy atom. The van der Waals surface area contributed by atoms with Gasteiger partial charge in [0, 0.05) is 12.0 Å². The molecule has 0 unspecified atom stereocenters. The number of rotatable bonds is 1. The average Bonchev–Trinajstić information content (AvgIpc) is 2.23. The van der Waals surface area contributed by atoms with Crippen molar-refractivity contribution in [3.8, 4) is 11.5 Å². The minimum Gasteiger partial charge on any atom is -0.508 e. The van der Waals surface area contributed by atoms with Crippen molar-refractivity contribution < 1.29 is 14.9 Å². The third-order valence-electron chi connectivity index (χ3n) is 3.08. The molecule has 0 radical (unpaired) electrons. The third-order valence-corrected chi connectivity index (χ3v) is 3.08. The number of fused-ring (bicyclic) bond motifs is 1. The first kappa shape index (κ1) is 10.3. The Morgan fingerprint density at radius 3 is 2.87 bits per heavy atom. The molecule has 0 saturated carbocycles. The van der Waals surface area contributed by atoms with Crippen molar-refractivity contribution in [3.05, 3.63) is 23.3 Å². The summed E-state index contributed by atoms with van der Waals surface area (Å²) in [4.78, 5) is 0. The van der Waals surface area contributed by atoms with E-state index in [9.17, 15) is 10.2 Å². The summed E-state index contributed by atoms with van der Waals surface area (Å²) >= 11 is 0. The molecule has 2 rings (SSSR count). The summed E-state index contributed by atoms with van der Waals surface area (Å²) < 4.78 is 5.37. The van der Waals surface area contributed by atoms with Crippen molar-refractivity contribution in [3.63, 3.8) is 0 Å². The van der Waals surface area contributed by atoms with Crippen LogP contribution in [0.1, 0.15) is 36.8 Å². The molecule has 1 aliphatic heterocycles. The zero-order valence-electron chi connectivity index (χ0n) is 9.03. The van der Waals surface area contributed by atoms with Gasteiger partial charge >= 0.3 is 0 Å². The lowest BCUT2D eigenvalue weighted by Crippen LogP contribution is -2.25. The molecule has 15 heavy (non-hydrogen) atoms. The highest BCUT2D eigenvalue weighted by Crippen LogP contribution is 2.42. The Labute approximate surface area is 89.3 Å². The molecule has 1 aliphatic rings. The van der Waals surface area contributed by atoms with Gasteiger partial charge in [-0.15, -0.1) is 0 Å². The van der Waals surface area contributed by atoms with E-state index in [0.29, 0.717) is 23.7 Å². The number of phenolic OH excluding ortho intramolecular Hbond substituents is 1. The highest BCUT2D eigenvalue weighted by molar-refractivity contribution is 5.50. The Balaban J connectivity index is 2.51. The summed E-state index contributed by atoms with van der Waals surface area (Å²) in [6.45, 7) is 3.90. The lowest BCUT2D eigenvalue weighted by molar-refractivity contribution is -0.0399. The van der Waals surface area contributed by atoms with Gasteiger partial charge in [0.15, 0.2) is 6.29 Å². The molecule has 2 atom stereocenters. The molecule has 2 N–H and O–H groups in total. The molecule has 0 aliphatic carbocycles. The molecule has 3 heteroatoms. The molecule has 1 aromatic carbocycles. The van der Waals surface area contributed by atoms with Gasteiger partial charge in [-0.1, -0.05) is 13.0 Å². The van der Waals surface area contributed by atoms with Crippen LogP contribution in [0.5, 0.6) is 11.5 Å². The number of benzene rings is 1. The molecule has 1 heterocycles. The van der Waals surface area contributed by atoms with Gasteiger partial charge in [-0.2, -0.15) is 0 Å². The summed E-state index contributed by atoms with van der Waals surface area (Å²) in [6.07, 6.45) is 0.855. The van der Waals surface area contributed by atoms with Crippen LogP contribution < -0.4 is 4.74 Å². The zero-order chi connectivity index (χ0) is 11.0. The van der Waals surface area contributed by atoms with Crippen LogP contribution >= 0.6 is 0 Å². The van der Waals surface area contributed by atoms with Gasteiger partial charge in [-0.3, -0.25) is 0 Å². The Hall–Kier alpha value is -1.22. The molecule has 0 spiro atoms. The number of ether oxygens (including phenoxy) is 1. The molecule has 0 bridgehead atoms. The van der Waals surface area contributed by atoms with Crippen LogP contribution in [0, 0.1) is 6.92 Å². The highest BCUT2D eigenvalue weighted by Gasteiger charge is 2.27. The summed E-state index contributed by atoms with van der Waals surface area (Å²) in [7, 11) is 0. The fourth-order valence-electron chi connectivity index (χ4n) is 2.12. The van der Waals surface area contributed by atoms with Gasteiger partial charge in [0.2, 0.25) is 0 Å². The molecule has 0 saturated heterocycles. The molecular formula is C12H16O3. The minimum absolute atomic E-state index is 0.220. The summed E-state index contributed by atoms with van der Waals surface area (Å²) in [5.41, 5.74) is 1.81. The average molecular weight is 208 g/mol. The van der Waals surface area contributed by atoms with E-state index in [4.69, 9.17) is 4.74 Å². The maximum Gasteiger partial charge on any atom is 0.197 e. The topological polar surface area (TPSA) is 49.7 Å². The standard InChI is InChI=1S/C12H16O3/c1-3-8-6-11(14)15-12-7(2)10(13)5-4-9(8)12/h4-5,8,11,13-14H,3,6H2,1-2H3/t8-,11-/m0/s1. The number of aromatic hydroxyl groups is 1. The quantitative estimate of drug-likeness (QED) is 0.744. The predicted octanol–water partition coefficient (Wildman–Crippen LogP) is 2.30. The normalized spacial score (nSPS) is 24.5. The highest BCUT2D eigenvalue weighted by atomic mass is 16.6. The monoisotopic (exact) mass is 208 g/mol. The van der Waals surface area contributed by atoms with Crippen molar-refractivity contribution in [2.75, 3.05) is 0 Å². The molecule has 0 fully saturated rings. The van der Waals surface area contributed by atoms with Gasteiger partial charge in [0.25, 0.3) is 0 Å². The zero-order valence-corrected chi connectivity index (χ0v) is 9.03. The maximum absolute atomic E-state index is 9.57. The van der Waals surface area contributed by atoms with Crippen molar-refractivity contribution in [2.45, 2.75) is 38.9 Å². The minimum atomic E-state index is -0.747. The maximum atomic E-state index is 9.57. The molecule has 0 amide bonds. The fraction of sp³-hybridized carbons (Fsp3) is 0.500. The first-order valence-electron chi connectivity index (χ1n) is 5.30. The smallest absolute Gasteiger partial charge is 0.197 e. The number of phenols is 1. The van der Waals surface area contributed by atoms with Gasteiger partial charge < -0.3 is 14.9 Å². The SMILES string of the molecule is CC[C@H]1C[C@@H](O)Oc2c1ccc(O)c2C. The largest absolute Gasteiger partial charge is 0.508 e. The molecular weight excluding hydrogens is 192 g/mol. The summed E-state index contributed by atoms with van der Waals surface area (Å²) in [5.74, 6) is 1.20. The number of hydrogen-bond acceptors (Lipinski definition) is 3. The van der Waals surface area contributed by atoms with Crippen LogP contribution in [0.15, 0.2) is 12.1 Å². The second kappa shape index (κ2) is 3.74. The molecule has 3 nitrogen and oxygen atoms in total. The Kier molecular flexibility index (Phi) is 2.57. The second-order valence-electron chi connectivity index (χ2n) is 4.04. The van der Waals surface area contributed by atoms with Crippen LogP contribution in [0.25, 0.3) is 0 Å². The van der Waals surface area contributed by atoms with E-state index < -0.39 is 6.29 Å². The first-order valence-corrected chi connectivity index (χ1v) is 5.30. The van der Waals surface area contributed by atoms with E-state index in [2.05, 4.69) is 6.92 Å². The van der Waals surface area contributed by atoms with Gasteiger partial charge in [-0.25, -0.2) is 0 Å². The van der Waals surface area contributed by atoms with Crippen LogP contribution in [0.2, 0.25) is 0 Å². The number of aliphatic hydroxyl groups excluding tert-OH is 1. The van der Waals surface area contributed by atoms with E-state index in [0.717, 1.165) is 12.0 Å². The predicted molar refractivity (Wildman–Crippen MR) is 57.1 cm³/mol. The van der Waals surface area contributed by atoms with Gasteiger partial charge in [0.05, 0.1) is 0 Å². The lowest BCUT2D eigenvalue weighted by Gasteiger charge is -2.30. The third kappa shape index (κ3) is 1.67. The Morgan fingerprint density at radius 1 is 1.47 bits per heavy atom. The number of hydrogen-bond donors (Lipinski definition) is 2. The molecule has 82 valence electrons. The summed E-state index contributed by atoms with van der Waals surface area (Å²) in [6, 6.07) is 3.58. The van der Waals surface area contributed by atoms with Crippen LogP contribution in [0.3, 0.4) is 0 Å². The molecule has 1 aromatic rings. The van der Waals surface area contributed by atoms with Crippen molar-refractivity contribution in [2.24, 2.45) is 0 Å². The molecule has 0 aromatic heterocycles. The van der Waals surface area contributed by atoms with E-state index in [1.54, 1.807) is 13.0 Å². The van der Waals surface area contributed by atoms with E-state index in [-0.39, 0.29) is 5.75 Å². The van der Waals surface area contributed by atoms with Crippen molar-refractivity contribution >= 4 is 0 Å². The van der Waals surface area contributed by atoms with Crippen LogP contribution in [0.4, 0.5) is 0 Å². The van der Waals surface area contributed by atoms with Crippen molar-refractivity contribution in [1.29, 1.82) is 0 Å². The van der Waals surface area contributed by atoms with Gasteiger partial charge in [0.1, 0.15) is 11.5 Å². The van der Waals surface area contributed by atoms with Crippen LogP contribution in [-0.2, 0) is 0 Å².